The highest BCUT2D eigenvalue weighted by Gasteiger charge is 2.15. The summed E-state index contributed by atoms with van der Waals surface area (Å²) in [6.07, 6.45) is 4.08. The maximum atomic E-state index is 12.8. The van der Waals surface area contributed by atoms with Crippen LogP contribution >= 0.6 is 0 Å². The summed E-state index contributed by atoms with van der Waals surface area (Å²) < 4.78 is 23.8. The van der Waals surface area contributed by atoms with E-state index in [9.17, 15) is 18.0 Å². The second-order valence-corrected chi connectivity index (χ2v) is 10.2. The first-order chi connectivity index (χ1) is 16.3. The van der Waals surface area contributed by atoms with Gasteiger partial charge in [-0.1, -0.05) is 44.5 Å². The van der Waals surface area contributed by atoms with Crippen LogP contribution in [0.1, 0.15) is 48.2 Å². The Morgan fingerprint density at radius 1 is 0.912 bits per heavy atom. The number of carbonyl (C=O) groups excluding carboxylic acids is 2. The molecule has 0 saturated carbocycles. The first-order valence-corrected chi connectivity index (χ1v) is 12.9. The largest absolute Gasteiger partial charge is 0.326 e. The van der Waals surface area contributed by atoms with Crippen molar-refractivity contribution in [2.24, 2.45) is 0 Å². The van der Waals surface area contributed by atoms with Gasteiger partial charge in [0.05, 0.1) is 12.2 Å². The number of benzene rings is 2. The van der Waals surface area contributed by atoms with E-state index in [0.29, 0.717) is 16.8 Å². The summed E-state index contributed by atoms with van der Waals surface area (Å²) in [5.74, 6) is -0.473. The number of pyridine rings is 1. The van der Waals surface area contributed by atoms with Gasteiger partial charge in [-0.15, -0.1) is 0 Å². The molecule has 2 N–H and O–H groups in total. The second-order valence-electron chi connectivity index (χ2n) is 7.93. The van der Waals surface area contributed by atoms with Gasteiger partial charge in [-0.2, -0.15) is 0 Å². The van der Waals surface area contributed by atoms with E-state index in [0.717, 1.165) is 30.5 Å². The molecule has 0 unspecified atom stereocenters. The summed E-state index contributed by atoms with van der Waals surface area (Å²) in [7, 11) is -3.38. The molecule has 0 radical (unpaired) electrons. The number of aryl methyl sites for hydroxylation is 1. The van der Waals surface area contributed by atoms with Gasteiger partial charge in [0, 0.05) is 23.1 Å². The molecule has 0 bridgehead atoms. The Hall–Kier alpha value is -3.52. The predicted octanol–water partition coefficient (Wildman–Crippen LogP) is 4.65. The minimum Gasteiger partial charge on any atom is -0.326 e. The Kier molecular flexibility index (Phi) is 8.54. The Morgan fingerprint density at radius 2 is 1.68 bits per heavy atom. The fourth-order valence-corrected chi connectivity index (χ4v) is 4.21. The van der Waals surface area contributed by atoms with Gasteiger partial charge in [0.15, 0.2) is 14.9 Å². The van der Waals surface area contributed by atoms with E-state index in [1.807, 2.05) is 36.4 Å². The van der Waals surface area contributed by atoms with Crippen molar-refractivity contribution in [2.45, 2.75) is 44.6 Å². The number of carbonyl (C=O) groups is 2. The maximum Gasteiger partial charge on any atom is 0.255 e. The number of para-hydroxylation sites is 1. The third kappa shape index (κ3) is 6.74. The summed E-state index contributed by atoms with van der Waals surface area (Å²) in [4.78, 5) is 29.4. The molecular formula is C26H29N3O4S. The number of unbranched alkanes of at least 4 members (excludes halogenated alkanes) is 1. The highest BCUT2D eigenvalue weighted by molar-refractivity contribution is 7.91. The number of hydrogen-bond acceptors (Lipinski definition) is 5. The molecule has 0 aliphatic rings. The summed E-state index contributed by atoms with van der Waals surface area (Å²) >= 11 is 0. The fraction of sp³-hybridized carbons (Fsp3) is 0.269. The van der Waals surface area contributed by atoms with E-state index in [1.54, 1.807) is 25.1 Å². The molecule has 0 aliphatic carbocycles. The van der Waals surface area contributed by atoms with Crippen LogP contribution in [-0.4, -0.2) is 31.0 Å². The monoisotopic (exact) mass is 479 g/mol. The van der Waals surface area contributed by atoms with Crippen LogP contribution in [0.5, 0.6) is 0 Å². The molecule has 7 nitrogen and oxygen atoms in total. The molecule has 1 aromatic heterocycles. The number of nitrogens with one attached hydrogen (secondary N) is 2. The van der Waals surface area contributed by atoms with Gasteiger partial charge >= 0.3 is 0 Å². The summed E-state index contributed by atoms with van der Waals surface area (Å²) in [5, 5.41) is 5.78. The quantitative estimate of drug-likeness (QED) is 0.440. The van der Waals surface area contributed by atoms with Gasteiger partial charge in [-0.25, -0.2) is 13.4 Å². The van der Waals surface area contributed by atoms with E-state index in [4.69, 9.17) is 0 Å². The lowest BCUT2D eigenvalue weighted by Gasteiger charge is -2.13. The van der Waals surface area contributed by atoms with Crippen LogP contribution in [0.4, 0.5) is 11.4 Å². The van der Waals surface area contributed by atoms with Crippen LogP contribution < -0.4 is 10.6 Å². The number of aromatic nitrogens is 1. The molecule has 2 aromatic carbocycles. The summed E-state index contributed by atoms with van der Waals surface area (Å²) in [6, 6.07) is 17.6. The topological polar surface area (TPSA) is 105 Å². The average Bonchev–Trinajstić information content (AvgIpc) is 2.83. The minimum atomic E-state index is -3.38. The van der Waals surface area contributed by atoms with Gasteiger partial charge in [-0.3, -0.25) is 9.59 Å². The van der Waals surface area contributed by atoms with Crippen LogP contribution in [0.3, 0.4) is 0 Å². The molecule has 34 heavy (non-hydrogen) atoms. The van der Waals surface area contributed by atoms with Crippen LogP contribution in [0.25, 0.3) is 0 Å². The first kappa shape index (κ1) is 25.1. The molecule has 2 amide bonds. The van der Waals surface area contributed by atoms with E-state index in [1.165, 1.54) is 12.3 Å². The zero-order valence-electron chi connectivity index (χ0n) is 19.4. The molecule has 0 saturated heterocycles. The fourth-order valence-electron chi connectivity index (χ4n) is 3.42. The molecular weight excluding hydrogens is 450 g/mol. The lowest BCUT2D eigenvalue weighted by Crippen LogP contribution is -2.17. The first-order valence-electron chi connectivity index (χ1n) is 11.3. The lowest BCUT2D eigenvalue weighted by molar-refractivity contribution is -0.115. The Morgan fingerprint density at radius 3 is 2.32 bits per heavy atom. The third-order valence-electron chi connectivity index (χ3n) is 5.33. The van der Waals surface area contributed by atoms with Gasteiger partial charge < -0.3 is 10.6 Å². The number of rotatable bonds is 10. The van der Waals surface area contributed by atoms with Crippen molar-refractivity contribution in [3.8, 4) is 0 Å². The van der Waals surface area contributed by atoms with E-state index >= 15 is 0 Å². The Bertz CT molecular complexity index is 1240. The summed E-state index contributed by atoms with van der Waals surface area (Å²) in [5.41, 5.74) is 3.37. The van der Waals surface area contributed by atoms with Crippen molar-refractivity contribution in [2.75, 3.05) is 16.4 Å². The zero-order chi connectivity index (χ0) is 24.6. The van der Waals surface area contributed by atoms with Crippen molar-refractivity contribution < 1.29 is 18.0 Å². The van der Waals surface area contributed by atoms with Crippen molar-refractivity contribution in [1.82, 2.24) is 4.98 Å². The van der Waals surface area contributed by atoms with E-state index < -0.39 is 9.84 Å². The smallest absolute Gasteiger partial charge is 0.255 e. The predicted molar refractivity (Wildman–Crippen MR) is 134 cm³/mol. The maximum absolute atomic E-state index is 12.8. The molecule has 3 rings (SSSR count). The molecule has 0 spiro atoms. The van der Waals surface area contributed by atoms with Crippen LogP contribution in [0, 0.1) is 0 Å². The van der Waals surface area contributed by atoms with Crippen LogP contribution in [0.2, 0.25) is 0 Å². The Labute approximate surface area is 200 Å². The third-order valence-corrected chi connectivity index (χ3v) is 6.96. The van der Waals surface area contributed by atoms with Crippen molar-refractivity contribution in [3.63, 3.8) is 0 Å². The van der Waals surface area contributed by atoms with E-state index in [2.05, 4.69) is 22.5 Å². The number of anilines is 2. The number of hydrogen-bond donors (Lipinski definition) is 2. The number of amides is 2. The summed E-state index contributed by atoms with van der Waals surface area (Å²) in [6.45, 7) is 3.64. The van der Waals surface area contributed by atoms with Gasteiger partial charge in [-0.05, 0) is 60.4 Å². The average molecular weight is 480 g/mol. The highest BCUT2D eigenvalue weighted by atomic mass is 32.2. The van der Waals surface area contributed by atoms with Gasteiger partial charge in [0.2, 0.25) is 5.91 Å². The standard InChI is InChI=1S/C26H29N3O4S/c1-3-5-9-20-17-22(13-14-23(20)26(31)29-21-10-7-6-8-11-21)28-24(30)16-19-12-15-25(27-18-19)34(32,33)4-2/h6-8,10-15,17-18H,3-5,9,16H2,1-2H3,(H,28,30)(H,29,31). The lowest BCUT2D eigenvalue weighted by atomic mass is 10.00. The number of sulfone groups is 1. The number of nitrogens with zero attached hydrogens (tertiary/aromatic N) is 1. The second kappa shape index (κ2) is 11.6. The van der Waals surface area contributed by atoms with Crippen LogP contribution in [-0.2, 0) is 27.5 Å². The Balaban J connectivity index is 1.71. The van der Waals surface area contributed by atoms with Gasteiger partial charge in [0.25, 0.3) is 5.91 Å². The van der Waals surface area contributed by atoms with Gasteiger partial charge in [0.1, 0.15) is 0 Å². The minimum absolute atomic E-state index is 0.00379. The van der Waals surface area contributed by atoms with Crippen molar-refractivity contribution in [3.05, 3.63) is 83.6 Å². The van der Waals surface area contributed by atoms with Crippen LogP contribution in [0.15, 0.2) is 71.9 Å². The van der Waals surface area contributed by atoms with Crippen molar-refractivity contribution >= 4 is 33.0 Å². The molecule has 8 heteroatoms. The molecule has 0 aliphatic heterocycles. The molecule has 1 heterocycles. The normalized spacial score (nSPS) is 11.1. The zero-order valence-corrected chi connectivity index (χ0v) is 20.2. The molecule has 0 fully saturated rings. The SMILES string of the molecule is CCCCc1cc(NC(=O)Cc2ccc(S(=O)(=O)CC)nc2)ccc1C(=O)Nc1ccccc1. The van der Waals surface area contributed by atoms with E-state index in [-0.39, 0.29) is 29.0 Å². The molecule has 178 valence electrons. The molecule has 3 aromatic rings. The highest BCUT2D eigenvalue weighted by Crippen LogP contribution is 2.20. The van der Waals surface area contributed by atoms with Crippen molar-refractivity contribution in [1.29, 1.82) is 0 Å². The molecule has 0 atom stereocenters.